The molecule has 2 atom stereocenters. The number of hydrogen-bond acceptors (Lipinski definition) is 6. The predicted molar refractivity (Wildman–Crippen MR) is 151 cm³/mol. The first kappa shape index (κ1) is 33.8. The molecule has 2 N–H and O–H groups in total. The molecule has 0 heterocycles. The van der Waals surface area contributed by atoms with E-state index >= 15 is 0 Å². The number of ether oxygens (including phenoxy) is 2. The van der Waals surface area contributed by atoms with Gasteiger partial charge in [-0.1, -0.05) is 90.2 Å². The van der Waals surface area contributed by atoms with Crippen molar-refractivity contribution in [1.82, 2.24) is 0 Å². The third kappa shape index (κ3) is 19.5. The quantitative estimate of drug-likeness (QED) is 0.100. The van der Waals surface area contributed by atoms with Gasteiger partial charge < -0.3 is 28.3 Å². The van der Waals surface area contributed by atoms with Gasteiger partial charge in [-0.3, -0.25) is 4.79 Å². The van der Waals surface area contributed by atoms with Crippen molar-refractivity contribution in [2.75, 3.05) is 40.5 Å². The van der Waals surface area contributed by atoms with E-state index in [1.807, 2.05) is 26.2 Å². The number of nitrogens with one attached hydrogen (secondary N) is 1. The molecule has 0 aliphatic heterocycles. The number of carbonyl (C=O) groups excluding carboxylic acids is 1. The Bertz CT molecular complexity index is 690. The third-order valence-electron chi connectivity index (χ3n) is 6.16. The Balaban J connectivity index is 2.32. The summed E-state index contributed by atoms with van der Waals surface area (Å²) in [5.74, 6) is 0.413. The lowest BCUT2D eigenvalue weighted by molar-refractivity contribution is -0.858. The maximum absolute atomic E-state index is 11.8. The summed E-state index contributed by atoms with van der Waals surface area (Å²) >= 11 is 0. The summed E-state index contributed by atoms with van der Waals surface area (Å²) in [5, 5.41) is 0. The van der Waals surface area contributed by atoms with Crippen LogP contribution in [0.4, 0.5) is 0 Å². The SMILES string of the molecule is CCCCCCCCCCCCCc1cccc(OCC(COP(O)OCC[NH+](C)C)OC(=O)CC)c1. The van der Waals surface area contributed by atoms with Crippen LogP contribution in [0.1, 0.15) is 96.5 Å². The predicted octanol–water partition coefficient (Wildman–Crippen LogP) is 5.64. The van der Waals surface area contributed by atoms with E-state index in [4.69, 9.17) is 18.5 Å². The first-order valence-electron chi connectivity index (χ1n) is 14.4. The summed E-state index contributed by atoms with van der Waals surface area (Å²) in [7, 11) is 2.00. The van der Waals surface area contributed by atoms with Crippen molar-refractivity contribution in [3.05, 3.63) is 29.8 Å². The van der Waals surface area contributed by atoms with Crippen molar-refractivity contribution >= 4 is 14.6 Å². The molecule has 2 unspecified atom stereocenters. The highest BCUT2D eigenvalue weighted by molar-refractivity contribution is 7.40. The summed E-state index contributed by atoms with van der Waals surface area (Å²) in [6, 6.07) is 8.10. The maximum Gasteiger partial charge on any atom is 0.330 e. The Hall–Kier alpha value is -1.24. The van der Waals surface area contributed by atoms with Crippen LogP contribution in [0.15, 0.2) is 24.3 Å². The first-order valence-corrected chi connectivity index (χ1v) is 15.5. The standard InChI is InChI=1S/C29H52NO6P/c1-5-7-8-9-10-11-12-13-14-15-16-18-26-19-17-20-27(23-26)33-24-28(36-29(31)6-2)25-35-37(32)34-22-21-30(3)4/h17,19-20,23,28,32H,5-16,18,21-22,24-25H2,1-4H3/p+1. The molecule has 1 aromatic rings. The Morgan fingerprint density at radius 2 is 1.57 bits per heavy atom. The number of quaternary nitrogens is 1. The molecule has 0 radical (unpaired) electrons. The highest BCUT2D eigenvalue weighted by atomic mass is 31.2. The molecule has 0 aromatic heterocycles. The van der Waals surface area contributed by atoms with Crippen molar-refractivity contribution in [2.45, 2.75) is 103 Å². The molecule has 0 fully saturated rings. The average Bonchev–Trinajstić information content (AvgIpc) is 2.88. The van der Waals surface area contributed by atoms with Crippen LogP contribution in [0, 0.1) is 0 Å². The fourth-order valence-electron chi connectivity index (χ4n) is 3.87. The number of likely N-dealkylation sites (N-methyl/N-ethyl adjacent to an activating group) is 1. The normalized spacial score (nSPS) is 13.0. The molecule has 37 heavy (non-hydrogen) atoms. The van der Waals surface area contributed by atoms with Crippen LogP contribution in [0.25, 0.3) is 0 Å². The number of carbonyl (C=O) groups is 1. The minimum atomic E-state index is -2.02. The molecule has 0 saturated heterocycles. The zero-order valence-corrected chi connectivity index (χ0v) is 24.7. The van der Waals surface area contributed by atoms with Gasteiger partial charge in [-0.25, -0.2) is 0 Å². The summed E-state index contributed by atoms with van der Waals surface area (Å²) in [6.45, 7) is 5.33. The van der Waals surface area contributed by atoms with Crippen LogP contribution < -0.4 is 9.64 Å². The number of benzene rings is 1. The van der Waals surface area contributed by atoms with Crippen LogP contribution in [0.3, 0.4) is 0 Å². The van der Waals surface area contributed by atoms with E-state index in [1.54, 1.807) is 6.92 Å². The van der Waals surface area contributed by atoms with Crippen LogP contribution in [0.2, 0.25) is 0 Å². The van der Waals surface area contributed by atoms with Gasteiger partial charge >= 0.3 is 14.6 Å². The first-order chi connectivity index (χ1) is 17.9. The Morgan fingerprint density at radius 3 is 2.19 bits per heavy atom. The van der Waals surface area contributed by atoms with Crippen molar-refractivity contribution in [1.29, 1.82) is 0 Å². The molecule has 0 bridgehead atoms. The van der Waals surface area contributed by atoms with Gasteiger partial charge in [-0.05, 0) is 30.5 Å². The van der Waals surface area contributed by atoms with Gasteiger partial charge in [0.25, 0.3) is 0 Å². The lowest BCUT2D eigenvalue weighted by Gasteiger charge is -2.20. The van der Waals surface area contributed by atoms with E-state index in [1.165, 1.54) is 81.1 Å². The van der Waals surface area contributed by atoms with E-state index in [2.05, 4.69) is 19.1 Å². The third-order valence-corrected chi connectivity index (χ3v) is 6.94. The number of unbranched alkanes of at least 4 members (excludes halogenated alkanes) is 10. The van der Waals surface area contributed by atoms with E-state index in [9.17, 15) is 9.69 Å². The van der Waals surface area contributed by atoms with Gasteiger partial charge in [0.2, 0.25) is 0 Å². The van der Waals surface area contributed by atoms with E-state index in [0.717, 1.165) is 18.7 Å². The van der Waals surface area contributed by atoms with Gasteiger partial charge in [0.15, 0.2) is 6.10 Å². The second kappa shape index (κ2) is 22.7. The zero-order valence-electron chi connectivity index (χ0n) is 23.8. The maximum atomic E-state index is 11.8. The molecule has 8 heteroatoms. The lowest BCUT2D eigenvalue weighted by Crippen LogP contribution is -3.06. The zero-order chi connectivity index (χ0) is 27.1. The molecule has 0 aliphatic rings. The van der Waals surface area contributed by atoms with Crippen LogP contribution in [0.5, 0.6) is 5.75 Å². The molecule has 0 saturated carbocycles. The van der Waals surface area contributed by atoms with Crippen LogP contribution in [-0.2, 0) is 25.0 Å². The van der Waals surface area contributed by atoms with E-state index in [-0.39, 0.29) is 25.6 Å². The van der Waals surface area contributed by atoms with E-state index < -0.39 is 14.7 Å². The van der Waals surface area contributed by atoms with Crippen LogP contribution >= 0.6 is 8.60 Å². The molecule has 0 amide bonds. The average molecular weight is 543 g/mol. The van der Waals surface area contributed by atoms with Gasteiger partial charge in [0.1, 0.15) is 25.5 Å². The highest BCUT2D eigenvalue weighted by Crippen LogP contribution is 2.32. The monoisotopic (exact) mass is 542 g/mol. The number of hydrogen-bond donors (Lipinski definition) is 2. The van der Waals surface area contributed by atoms with Crippen molar-refractivity contribution in [3.63, 3.8) is 0 Å². The van der Waals surface area contributed by atoms with Gasteiger partial charge in [-0.2, -0.15) is 0 Å². The molecular formula is C29H53NO6P+. The van der Waals surface area contributed by atoms with Gasteiger partial charge in [0.05, 0.1) is 20.7 Å². The van der Waals surface area contributed by atoms with Crippen LogP contribution in [-0.4, -0.2) is 57.4 Å². The minimum absolute atomic E-state index is 0.0151. The second-order valence-electron chi connectivity index (χ2n) is 10.0. The summed E-state index contributed by atoms with van der Waals surface area (Å²) < 4.78 is 22.1. The molecule has 7 nitrogen and oxygen atoms in total. The second-order valence-corrected chi connectivity index (χ2v) is 11.0. The number of aryl methyl sites for hydroxylation is 1. The highest BCUT2D eigenvalue weighted by Gasteiger charge is 2.19. The molecule has 214 valence electrons. The smallest absolute Gasteiger partial charge is 0.330 e. The molecular weight excluding hydrogens is 489 g/mol. The molecule has 0 aliphatic carbocycles. The Morgan fingerprint density at radius 1 is 0.919 bits per heavy atom. The molecule has 1 rings (SSSR count). The van der Waals surface area contributed by atoms with Crippen molar-refractivity contribution in [3.8, 4) is 5.75 Å². The summed E-state index contributed by atoms with van der Waals surface area (Å²) in [5.41, 5.74) is 1.25. The van der Waals surface area contributed by atoms with Gasteiger partial charge in [0, 0.05) is 6.42 Å². The van der Waals surface area contributed by atoms with Crippen molar-refractivity contribution in [2.24, 2.45) is 0 Å². The Labute approximate surface area is 227 Å². The summed E-state index contributed by atoms with van der Waals surface area (Å²) in [4.78, 5) is 23.0. The van der Waals surface area contributed by atoms with Crippen molar-refractivity contribution < 1.29 is 33.1 Å². The lowest BCUT2D eigenvalue weighted by atomic mass is 10.0. The molecule has 0 spiro atoms. The summed E-state index contributed by atoms with van der Waals surface area (Å²) in [6.07, 6.45) is 15.4. The number of rotatable bonds is 24. The fourth-order valence-corrected chi connectivity index (χ4v) is 4.49. The Kier molecular flexibility index (Phi) is 20.7. The fraction of sp³-hybridized carbons (Fsp3) is 0.759. The topological polar surface area (TPSA) is 78.7 Å². The van der Waals surface area contributed by atoms with E-state index in [0.29, 0.717) is 6.61 Å². The number of esters is 1. The largest absolute Gasteiger partial charge is 0.490 e. The minimum Gasteiger partial charge on any atom is -0.490 e. The van der Waals surface area contributed by atoms with Gasteiger partial charge in [-0.15, -0.1) is 0 Å². The molecule has 1 aromatic carbocycles.